The SMILES string of the molecule is Ic1cc2c(c(=Cc3ccccc3)c1I)=Cc1ccccc1-2. The Kier molecular flexibility index (Phi) is 3.82. The number of benzene rings is 3. The summed E-state index contributed by atoms with van der Waals surface area (Å²) in [6.07, 6.45) is 4.61. The van der Waals surface area contributed by atoms with Crippen LogP contribution in [0.1, 0.15) is 11.1 Å². The van der Waals surface area contributed by atoms with Crippen molar-refractivity contribution in [1.82, 2.24) is 0 Å². The van der Waals surface area contributed by atoms with Crippen molar-refractivity contribution < 1.29 is 0 Å². The molecular formula is C20H12I2. The van der Waals surface area contributed by atoms with Gasteiger partial charge in [-0.3, -0.25) is 0 Å². The van der Waals surface area contributed by atoms with E-state index in [4.69, 9.17) is 0 Å². The van der Waals surface area contributed by atoms with E-state index < -0.39 is 0 Å². The van der Waals surface area contributed by atoms with E-state index in [-0.39, 0.29) is 0 Å². The zero-order valence-electron chi connectivity index (χ0n) is 11.7. The summed E-state index contributed by atoms with van der Waals surface area (Å²) in [6.45, 7) is 0. The average Bonchev–Trinajstić information content (AvgIpc) is 2.91. The normalized spacial score (nSPS) is 12.7. The van der Waals surface area contributed by atoms with Crippen LogP contribution in [-0.2, 0) is 0 Å². The topological polar surface area (TPSA) is 0 Å². The Morgan fingerprint density at radius 2 is 1.50 bits per heavy atom. The molecule has 3 aromatic rings. The first-order valence-electron chi connectivity index (χ1n) is 7.10. The van der Waals surface area contributed by atoms with Gasteiger partial charge in [0, 0.05) is 7.14 Å². The van der Waals surface area contributed by atoms with Crippen molar-refractivity contribution in [3.63, 3.8) is 0 Å². The van der Waals surface area contributed by atoms with Gasteiger partial charge in [0.2, 0.25) is 0 Å². The minimum Gasteiger partial charge on any atom is -0.0622 e. The van der Waals surface area contributed by atoms with Gasteiger partial charge >= 0.3 is 0 Å². The molecule has 0 nitrogen and oxygen atoms in total. The molecule has 0 aromatic heterocycles. The van der Waals surface area contributed by atoms with E-state index >= 15 is 0 Å². The largest absolute Gasteiger partial charge is 0.0622 e. The highest BCUT2D eigenvalue weighted by Crippen LogP contribution is 2.27. The third-order valence-corrected chi connectivity index (χ3v) is 7.00. The van der Waals surface area contributed by atoms with Crippen LogP contribution >= 0.6 is 45.2 Å². The summed E-state index contributed by atoms with van der Waals surface area (Å²) in [5.74, 6) is 0. The van der Waals surface area contributed by atoms with E-state index in [0.717, 1.165) is 0 Å². The smallest absolute Gasteiger partial charge is 0.0342 e. The number of hydrogen-bond acceptors (Lipinski definition) is 0. The molecule has 106 valence electrons. The minimum atomic E-state index is 1.24. The lowest BCUT2D eigenvalue weighted by molar-refractivity contribution is 1.44. The molecule has 1 aliphatic carbocycles. The van der Waals surface area contributed by atoms with Crippen LogP contribution in [-0.4, -0.2) is 0 Å². The maximum atomic E-state index is 2.47. The second-order valence-corrected chi connectivity index (χ2v) is 7.57. The lowest BCUT2D eigenvalue weighted by Crippen LogP contribution is -2.29. The molecule has 22 heavy (non-hydrogen) atoms. The Labute approximate surface area is 156 Å². The molecule has 0 bridgehead atoms. The molecule has 0 amide bonds. The van der Waals surface area contributed by atoms with E-state index in [2.05, 4.69) is 118 Å². The molecule has 0 unspecified atom stereocenters. The highest BCUT2D eigenvalue weighted by atomic mass is 127. The van der Waals surface area contributed by atoms with Crippen molar-refractivity contribution in [2.24, 2.45) is 0 Å². The number of hydrogen-bond donors (Lipinski definition) is 0. The van der Waals surface area contributed by atoms with Crippen molar-refractivity contribution >= 4 is 57.3 Å². The van der Waals surface area contributed by atoms with Crippen molar-refractivity contribution in [2.75, 3.05) is 0 Å². The van der Waals surface area contributed by atoms with Crippen molar-refractivity contribution in [3.05, 3.63) is 89.4 Å². The molecule has 0 atom stereocenters. The predicted octanol–water partition coefficient (Wildman–Crippen LogP) is 4.53. The fourth-order valence-corrected chi connectivity index (χ4v) is 4.12. The van der Waals surface area contributed by atoms with E-state index in [0.29, 0.717) is 0 Å². The van der Waals surface area contributed by atoms with Crippen LogP contribution in [0.5, 0.6) is 0 Å². The average molecular weight is 506 g/mol. The summed E-state index contributed by atoms with van der Waals surface area (Å²) in [7, 11) is 0. The predicted molar refractivity (Wildman–Crippen MR) is 110 cm³/mol. The zero-order valence-corrected chi connectivity index (χ0v) is 16.0. The first-order chi connectivity index (χ1) is 10.7. The van der Waals surface area contributed by atoms with Crippen molar-refractivity contribution in [1.29, 1.82) is 0 Å². The van der Waals surface area contributed by atoms with E-state index in [1.54, 1.807) is 0 Å². The lowest BCUT2D eigenvalue weighted by Gasteiger charge is -2.05. The summed E-state index contributed by atoms with van der Waals surface area (Å²) in [5, 5.41) is 2.67. The van der Waals surface area contributed by atoms with Crippen LogP contribution < -0.4 is 10.4 Å². The fourth-order valence-electron chi connectivity index (χ4n) is 2.92. The Hall–Kier alpha value is -1.14. The van der Waals surface area contributed by atoms with Gasteiger partial charge in [-0.25, -0.2) is 0 Å². The minimum absolute atomic E-state index is 1.24. The Morgan fingerprint density at radius 3 is 2.32 bits per heavy atom. The van der Waals surface area contributed by atoms with Crippen LogP contribution in [0.2, 0.25) is 0 Å². The van der Waals surface area contributed by atoms with Gasteiger partial charge in [0.1, 0.15) is 0 Å². The Morgan fingerprint density at radius 1 is 0.773 bits per heavy atom. The summed E-state index contributed by atoms with van der Waals surface area (Å²) in [4.78, 5) is 0. The first-order valence-corrected chi connectivity index (χ1v) is 9.26. The molecule has 0 saturated carbocycles. The Bertz CT molecular complexity index is 986. The van der Waals surface area contributed by atoms with E-state index in [1.165, 1.54) is 39.8 Å². The van der Waals surface area contributed by atoms with Gasteiger partial charge in [0.25, 0.3) is 0 Å². The summed E-state index contributed by atoms with van der Waals surface area (Å²) in [5.41, 5.74) is 5.25. The van der Waals surface area contributed by atoms with Crippen molar-refractivity contribution in [2.45, 2.75) is 0 Å². The van der Waals surface area contributed by atoms with Gasteiger partial charge in [0.05, 0.1) is 0 Å². The van der Waals surface area contributed by atoms with Gasteiger partial charge in [-0.05, 0) is 96.1 Å². The lowest BCUT2D eigenvalue weighted by atomic mass is 10.0. The molecule has 3 aromatic carbocycles. The summed E-state index contributed by atoms with van der Waals surface area (Å²) in [6, 6.07) is 21.5. The van der Waals surface area contributed by atoms with E-state index in [9.17, 15) is 0 Å². The molecule has 0 heterocycles. The maximum Gasteiger partial charge on any atom is 0.0342 e. The van der Waals surface area contributed by atoms with Gasteiger partial charge in [0.15, 0.2) is 0 Å². The van der Waals surface area contributed by atoms with Crippen LogP contribution in [0.3, 0.4) is 0 Å². The van der Waals surface area contributed by atoms with Gasteiger partial charge in [-0.2, -0.15) is 0 Å². The zero-order chi connectivity index (χ0) is 15.1. The summed E-state index contributed by atoms with van der Waals surface area (Å²) >= 11 is 4.91. The molecule has 4 rings (SSSR count). The van der Waals surface area contributed by atoms with Gasteiger partial charge in [-0.15, -0.1) is 0 Å². The quantitative estimate of drug-likeness (QED) is 0.333. The van der Waals surface area contributed by atoms with Crippen LogP contribution in [0, 0.1) is 7.14 Å². The second-order valence-electron chi connectivity index (χ2n) is 5.33. The number of rotatable bonds is 1. The highest BCUT2D eigenvalue weighted by Gasteiger charge is 2.15. The molecule has 0 radical (unpaired) electrons. The first kappa shape index (κ1) is 14.5. The van der Waals surface area contributed by atoms with Crippen LogP contribution in [0.15, 0.2) is 60.7 Å². The third-order valence-electron chi connectivity index (χ3n) is 3.96. The molecular weight excluding hydrogens is 494 g/mol. The summed E-state index contributed by atoms with van der Waals surface area (Å²) < 4.78 is 2.63. The monoisotopic (exact) mass is 506 g/mol. The molecule has 0 saturated heterocycles. The maximum absolute atomic E-state index is 2.47. The molecule has 2 heteroatoms. The molecule has 0 N–H and O–H groups in total. The van der Waals surface area contributed by atoms with Gasteiger partial charge < -0.3 is 0 Å². The second kappa shape index (κ2) is 5.81. The van der Waals surface area contributed by atoms with Gasteiger partial charge in [-0.1, -0.05) is 54.6 Å². The number of halogens is 2. The van der Waals surface area contributed by atoms with E-state index in [1.807, 2.05) is 0 Å². The molecule has 0 spiro atoms. The fraction of sp³-hybridized carbons (Fsp3) is 0. The van der Waals surface area contributed by atoms with Crippen LogP contribution in [0.25, 0.3) is 23.3 Å². The molecule has 0 aliphatic heterocycles. The number of fused-ring (bicyclic) bond motifs is 3. The molecule has 1 aliphatic rings. The Balaban J connectivity index is 2.09. The third kappa shape index (κ3) is 2.42. The van der Waals surface area contributed by atoms with Crippen molar-refractivity contribution in [3.8, 4) is 11.1 Å². The highest BCUT2D eigenvalue weighted by molar-refractivity contribution is 14.1. The standard InChI is InChI=1S/C20H12I2/c21-19-12-17-15-9-5-4-8-14(15)11-16(17)18(20(19)22)10-13-6-2-1-3-7-13/h1-12H. The van der Waals surface area contributed by atoms with Crippen LogP contribution in [0.4, 0.5) is 0 Å². The molecule has 0 fully saturated rings.